The third-order valence-corrected chi connectivity index (χ3v) is 2.61. The van der Waals surface area contributed by atoms with E-state index in [1.165, 1.54) is 0 Å². The quantitative estimate of drug-likeness (QED) is 0.736. The van der Waals surface area contributed by atoms with Crippen molar-refractivity contribution in [1.29, 1.82) is 0 Å². The van der Waals surface area contributed by atoms with Gasteiger partial charge in [0.05, 0.1) is 13.5 Å². The van der Waals surface area contributed by atoms with Crippen LogP contribution in [-0.2, 0) is 11.3 Å². The maximum Gasteiger partial charge on any atom is 0.304 e. The Labute approximate surface area is 104 Å². The van der Waals surface area contributed by atoms with Crippen LogP contribution in [0.5, 0.6) is 17.2 Å². The van der Waals surface area contributed by atoms with E-state index in [2.05, 4.69) is 5.32 Å². The van der Waals surface area contributed by atoms with Crippen molar-refractivity contribution in [2.75, 3.05) is 20.4 Å². The van der Waals surface area contributed by atoms with E-state index in [9.17, 15) is 4.79 Å². The molecule has 0 radical (unpaired) electrons. The zero-order chi connectivity index (χ0) is 13.0. The normalized spacial score (nSPS) is 12.5. The molecule has 0 unspecified atom stereocenters. The summed E-state index contributed by atoms with van der Waals surface area (Å²) in [6.07, 6.45) is 0.0901. The number of aliphatic carboxylic acids is 1. The lowest BCUT2D eigenvalue weighted by molar-refractivity contribution is -0.136. The fraction of sp³-hybridized carbons (Fsp3) is 0.417. The van der Waals surface area contributed by atoms with Crippen LogP contribution in [-0.4, -0.2) is 31.5 Å². The molecule has 0 fully saturated rings. The molecule has 1 heterocycles. The Morgan fingerprint density at radius 2 is 2.17 bits per heavy atom. The van der Waals surface area contributed by atoms with E-state index in [4.69, 9.17) is 19.3 Å². The number of hydrogen-bond donors (Lipinski definition) is 2. The molecule has 1 aliphatic heterocycles. The van der Waals surface area contributed by atoms with Gasteiger partial charge in [-0.2, -0.15) is 0 Å². The van der Waals surface area contributed by atoms with Crippen molar-refractivity contribution in [2.45, 2.75) is 13.0 Å². The van der Waals surface area contributed by atoms with Crippen LogP contribution in [0.3, 0.4) is 0 Å². The first-order chi connectivity index (χ1) is 8.70. The van der Waals surface area contributed by atoms with Crippen molar-refractivity contribution in [3.63, 3.8) is 0 Å². The Morgan fingerprint density at radius 3 is 2.83 bits per heavy atom. The van der Waals surface area contributed by atoms with Gasteiger partial charge in [-0.15, -0.1) is 0 Å². The summed E-state index contributed by atoms with van der Waals surface area (Å²) in [6.45, 7) is 1.15. The zero-order valence-electron chi connectivity index (χ0n) is 10.1. The van der Waals surface area contributed by atoms with E-state index in [1.807, 2.05) is 6.07 Å². The second-order valence-corrected chi connectivity index (χ2v) is 3.84. The van der Waals surface area contributed by atoms with Crippen LogP contribution in [0, 0.1) is 0 Å². The fourth-order valence-corrected chi connectivity index (χ4v) is 1.71. The number of carboxylic acids is 1. The summed E-state index contributed by atoms with van der Waals surface area (Å²) < 4.78 is 15.8. The second kappa shape index (κ2) is 5.59. The van der Waals surface area contributed by atoms with E-state index in [1.54, 1.807) is 13.2 Å². The molecule has 2 rings (SSSR count). The van der Waals surface area contributed by atoms with Gasteiger partial charge in [-0.05, 0) is 6.07 Å². The van der Waals surface area contributed by atoms with Gasteiger partial charge in [-0.1, -0.05) is 0 Å². The molecule has 0 spiro atoms. The Kier molecular flexibility index (Phi) is 3.88. The number of fused-ring (bicyclic) bond motifs is 1. The van der Waals surface area contributed by atoms with Crippen LogP contribution in [0.1, 0.15) is 12.0 Å². The van der Waals surface area contributed by atoms with Crippen molar-refractivity contribution in [2.24, 2.45) is 0 Å². The summed E-state index contributed by atoms with van der Waals surface area (Å²) >= 11 is 0. The highest BCUT2D eigenvalue weighted by molar-refractivity contribution is 5.66. The van der Waals surface area contributed by atoms with E-state index in [0.717, 1.165) is 5.56 Å². The molecule has 18 heavy (non-hydrogen) atoms. The summed E-state index contributed by atoms with van der Waals surface area (Å²) in [5.41, 5.74) is 0.909. The summed E-state index contributed by atoms with van der Waals surface area (Å²) in [5.74, 6) is 1.23. The molecule has 0 aliphatic carbocycles. The maximum atomic E-state index is 10.4. The number of hydrogen-bond acceptors (Lipinski definition) is 5. The van der Waals surface area contributed by atoms with Gasteiger partial charge in [0, 0.05) is 24.7 Å². The van der Waals surface area contributed by atoms with Crippen molar-refractivity contribution < 1.29 is 24.1 Å². The number of ether oxygens (including phenoxy) is 3. The molecule has 0 amide bonds. The number of benzene rings is 1. The molecule has 1 aromatic carbocycles. The lowest BCUT2D eigenvalue weighted by Crippen LogP contribution is -2.18. The number of rotatable bonds is 6. The fourth-order valence-electron chi connectivity index (χ4n) is 1.71. The van der Waals surface area contributed by atoms with E-state index in [-0.39, 0.29) is 13.2 Å². The standard InChI is InChI=1S/C12H15NO5/c1-16-9-5-11-10(17-7-18-11)4-8(9)6-13-3-2-12(14)15/h4-5,13H,2-3,6-7H2,1H3,(H,14,15). The van der Waals surface area contributed by atoms with Crippen molar-refractivity contribution >= 4 is 5.97 Å². The van der Waals surface area contributed by atoms with E-state index >= 15 is 0 Å². The average Bonchev–Trinajstić information content (AvgIpc) is 2.80. The molecule has 2 N–H and O–H groups in total. The van der Waals surface area contributed by atoms with Gasteiger partial charge < -0.3 is 24.6 Å². The highest BCUT2D eigenvalue weighted by Crippen LogP contribution is 2.37. The lowest BCUT2D eigenvalue weighted by Gasteiger charge is -2.10. The molecular formula is C12H15NO5. The minimum Gasteiger partial charge on any atom is -0.496 e. The second-order valence-electron chi connectivity index (χ2n) is 3.84. The topological polar surface area (TPSA) is 77.0 Å². The predicted molar refractivity (Wildman–Crippen MR) is 63.1 cm³/mol. The average molecular weight is 253 g/mol. The lowest BCUT2D eigenvalue weighted by atomic mass is 10.1. The minimum absolute atomic E-state index is 0.0901. The highest BCUT2D eigenvalue weighted by Gasteiger charge is 2.17. The van der Waals surface area contributed by atoms with Crippen molar-refractivity contribution in [1.82, 2.24) is 5.32 Å². The number of nitrogens with one attached hydrogen (secondary N) is 1. The molecule has 98 valence electrons. The minimum atomic E-state index is -0.819. The third-order valence-electron chi connectivity index (χ3n) is 2.61. The molecule has 0 saturated heterocycles. The van der Waals surface area contributed by atoms with Gasteiger partial charge in [0.1, 0.15) is 5.75 Å². The molecule has 1 aliphatic rings. The molecule has 6 nitrogen and oxygen atoms in total. The third kappa shape index (κ3) is 2.84. The number of carboxylic acid groups (broad SMARTS) is 1. The summed E-state index contributed by atoms with van der Waals surface area (Å²) in [5, 5.41) is 11.6. The summed E-state index contributed by atoms with van der Waals surface area (Å²) in [4.78, 5) is 10.4. The SMILES string of the molecule is COc1cc2c(cc1CNCCC(=O)O)OCO2. The molecular weight excluding hydrogens is 238 g/mol. The van der Waals surface area contributed by atoms with Gasteiger partial charge in [-0.3, -0.25) is 4.79 Å². The molecule has 6 heteroatoms. The monoisotopic (exact) mass is 253 g/mol. The molecule has 0 atom stereocenters. The maximum absolute atomic E-state index is 10.4. The molecule has 0 bridgehead atoms. The Balaban J connectivity index is 2.00. The largest absolute Gasteiger partial charge is 0.496 e. The van der Waals surface area contributed by atoms with Gasteiger partial charge in [-0.25, -0.2) is 0 Å². The Hall–Kier alpha value is -1.95. The number of carbonyl (C=O) groups is 1. The molecule has 1 aromatic rings. The first-order valence-electron chi connectivity index (χ1n) is 5.59. The van der Waals surface area contributed by atoms with Crippen LogP contribution in [0.25, 0.3) is 0 Å². The van der Waals surface area contributed by atoms with Crippen molar-refractivity contribution in [3.8, 4) is 17.2 Å². The van der Waals surface area contributed by atoms with Gasteiger partial charge in [0.25, 0.3) is 0 Å². The Bertz CT molecular complexity index is 446. The van der Waals surface area contributed by atoms with Crippen LogP contribution in [0.4, 0.5) is 0 Å². The Morgan fingerprint density at radius 1 is 1.44 bits per heavy atom. The van der Waals surface area contributed by atoms with Gasteiger partial charge in [0.15, 0.2) is 11.5 Å². The highest BCUT2D eigenvalue weighted by atomic mass is 16.7. The predicted octanol–water partition coefficient (Wildman–Crippen LogP) is 0.988. The van der Waals surface area contributed by atoms with Crippen LogP contribution >= 0.6 is 0 Å². The first-order valence-corrected chi connectivity index (χ1v) is 5.59. The van der Waals surface area contributed by atoms with Crippen LogP contribution in [0.2, 0.25) is 0 Å². The number of methoxy groups -OCH3 is 1. The van der Waals surface area contributed by atoms with Crippen LogP contribution in [0.15, 0.2) is 12.1 Å². The zero-order valence-corrected chi connectivity index (χ0v) is 10.1. The smallest absolute Gasteiger partial charge is 0.304 e. The van der Waals surface area contributed by atoms with Gasteiger partial charge >= 0.3 is 5.97 Å². The van der Waals surface area contributed by atoms with Gasteiger partial charge in [0.2, 0.25) is 6.79 Å². The van der Waals surface area contributed by atoms with Crippen molar-refractivity contribution in [3.05, 3.63) is 17.7 Å². The molecule has 0 saturated carbocycles. The first kappa shape index (κ1) is 12.5. The molecule has 0 aromatic heterocycles. The van der Waals surface area contributed by atoms with Crippen LogP contribution < -0.4 is 19.5 Å². The summed E-state index contributed by atoms with van der Waals surface area (Å²) in [7, 11) is 1.58. The summed E-state index contributed by atoms with van der Waals surface area (Å²) in [6, 6.07) is 3.62. The van der Waals surface area contributed by atoms with E-state index in [0.29, 0.717) is 30.3 Å². The van der Waals surface area contributed by atoms with E-state index < -0.39 is 5.97 Å².